The van der Waals surface area contributed by atoms with E-state index in [1.54, 1.807) is 0 Å². The van der Waals surface area contributed by atoms with Crippen molar-refractivity contribution >= 4 is 5.78 Å². The maximum absolute atomic E-state index is 12.4. The second-order valence-corrected chi connectivity index (χ2v) is 9.68. The van der Waals surface area contributed by atoms with Crippen LogP contribution in [0.3, 0.4) is 0 Å². The lowest BCUT2D eigenvalue weighted by Crippen LogP contribution is -2.41. The molecule has 0 amide bonds. The van der Waals surface area contributed by atoms with Crippen LogP contribution >= 0.6 is 0 Å². The third-order valence-corrected chi connectivity index (χ3v) is 6.10. The summed E-state index contributed by atoms with van der Waals surface area (Å²) in [6.07, 6.45) is 12.1. The van der Waals surface area contributed by atoms with Gasteiger partial charge in [0.1, 0.15) is 25.4 Å². The summed E-state index contributed by atoms with van der Waals surface area (Å²) in [6.45, 7) is 4.82. The second-order valence-electron chi connectivity index (χ2n) is 9.68. The van der Waals surface area contributed by atoms with E-state index in [1.807, 2.05) is 24.3 Å². The van der Waals surface area contributed by atoms with E-state index < -0.39 is 0 Å². The topological polar surface area (TPSA) is 26.3 Å². The van der Waals surface area contributed by atoms with Gasteiger partial charge in [-0.15, -0.1) is 0 Å². The number of carbonyl (C=O) groups excluding carboxylic acids is 1. The average Bonchev–Trinajstić information content (AvgIpc) is 2.78. The van der Waals surface area contributed by atoms with Crippen LogP contribution in [0.25, 0.3) is 0 Å². The van der Waals surface area contributed by atoms with E-state index in [4.69, 9.17) is 4.74 Å². The number of hydrogen-bond donors (Lipinski definition) is 0. The monoisotopic (exact) mass is 438 g/mol. The molecular weight excluding hydrogens is 394 g/mol. The van der Waals surface area contributed by atoms with E-state index in [0.717, 1.165) is 41.7 Å². The molecule has 0 unspecified atom stereocenters. The molecule has 3 nitrogen and oxygen atoms in total. The first-order valence-electron chi connectivity index (χ1n) is 12.6. The summed E-state index contributed by atoms with van der Waals surface area (Å²) in [7, 11) is 4.45. The molecule has 0 fully saturated rings. The van der Waals surface area contributed by atoms with Gasteiger partial charge in [0.15, 0.2) is 5.78 Å². The molecule has 0 aliphatic rings. The summed E-state index contributed by atoms with van der Waals surface area (Å²) in [4.78, 5) is 12.4. The number of ether oxygens (including phenoxy) is 1. The van der Waals surface area contributed by atoms with Gasteiger partial charge in [-0.05, 0) is 30.7 Å². The van der Waals surface area contributed by atoms with Crippen LogP contribution in [0.2, 0.25) is 0 Å². The first-order valence-corrected chi connectivity index (χ1v) is 12.6. The summed E-state index contributed by atoms with van der Waals surface area (Å²) >= 11 is 0. The second kappa shape index (κ2) is 14.8. The van der Waals surface area contributed by atoms with Gasteiger partial charge in [-0.3, -0.25) is 4.79 Å². The van der Waals surface area contributed by atoms with Crippen molar-refractivity contribution in [3.63, 3.8) is 0 Å². The van der Waals surface area contributed by atoms with Crippen molar-refractivity contribution in [1.29, 1.82) is 0 Å². The summed E-state index contributed by atoms with van der Waals surface area (Å²) in [5.74, 6) is 1.09. The Morgan fingerprint density at radius 3 is 2.00 bits per heavy atom. The van der Waals surface area contributed by atoms with Crippen molar-refractivity contribution in [3.8, 4) is 5.75 Å². The third-order valence-electron chi connectivity index (χ3n) is 6.10. The highest BCUT2D eigenvalue weighted by Crippen LogP contribution is 2.17. The van der Waals surface area contributed by atoms with Crippen molar-refractivity contribution in [1.82, 2.24) is 0 Å². The molecule has 0 bridgehead atoms. The molecule has 0 atom stereocenters. The smallest absolute Gasteiger partial charge is 0.162 e. The largest absolute Gasteiger partial charge is 0.488 e. The number of hydrogen-bond acceptors (Lipinski definition) is 2. The van der Waals surface area contributed by atoms with Crippen molar-refractivity contribution in [2.24, 2.45) is 0 Å². The van der Waals surface area contributed by atoms with Gasteiger partial charge in [-0.25, -0.2) is 0 Å². The van der Waals surface area contributed by atoms with E-state index in [1.165, 1.54) is 50.5 Å². The minimum absolute atomic E-state index is 0.250. The minimum atomic E-state index is 0.250. The molecule has 0 saturated heterocycles. The van der Waals surface area contributed by atoms with Crippen LogP contribution in [0, 0.1) is 0 Å². The highest BCUT2D eigenvalue weighted by atomic mass is 16.5. The molecule has 2 aromatic carbocycles. The number of benzene rings is 2. The van der Waals surface area contributed by atoms with Crippen LogP contribution in [-0.4, -0.2) is 37.5 Å². The standard InChI is InChI=1S/C29H44NO2/c1-4-5-6-7-8-9-10-11-15-18-29(31)27-19-21-28(22-20-27)32-24-23-30(2,3)25-26-16-13-12-14-17-26/h12-14,16-17,19-22H,4-11,15,18,23-25H2,1-3H3/q+1. The molecule has 2 rings (SSSR count). The molecule has 0 aliphatic carbocycles. The molecule has 2 aromatic rings. The number of likely N-dealkylation sites (N-methyl/N-ethyl adjacent to an activating group) is 1. The third kappa shape index (κ3) is 10.9. The maximum Gasteiger partial charge on any atom is 0.162 e. The molecule has 0 aromatic heterocycles. The summed E-state index contributed by atoms with van der Waals surface area (Å²) < 4.78 is 6.82. The summed E-state index contributed by atoms with van der Waals surface area (Å²) in [6, 6.07) is 18.3. The lowest BCUT2D eigenvalue weighted by Gasteiger charge is -2.29. The van der Waals surface area contributed by atoms with Crippen molar-refractivity contribution < 1.29 is 14.0 Å². The Labute approximate surface area is 196 Å². The van der Waals surface area contributed by atoms with E-state index >= 15 is 0 Å². The molecule has 0 saturated carbocycles. The number of quaternary nitrogens is 1. The fraction of sp³-hybridized carbons (Fsp3) is 0.552. The first kappa shape index (κ1) is 26.1. The number of nitrogens with zero attached hydrogens (tertiary/aromatic N) is 1. The first-order chi connectivity index (χ1) is 15.5. The molecule has 0 radical (unpaired) electrons. The Balaban J connectivity index is 1.61. The minimum Gasteiger partial charge on any atom is -0.488 e. The predicted octanol–water partition coefficient (Wildman–Crippen LogP) is 7.45. The van der Waals surface area contributed by atoms with Crippen molar-refractivity contribution in [3.05, 3.63) is 65.7 Å². The van der Waals surface area contributed by atoms with Gasteiger partial charge >= 0.3 is 0 Å². The molecule has 0 N–H and O–H groups in total. The number of carbonyl (C=O) groups is 1. The van der Waals surface area contributed by atoms with E-state index in [0.29, 0.717) is 13.0 Å². The zero-order valence-corrected chi connectivity index (χ0v) is 20.7. The SMILES string of the molecule is CCCCCCCCCCCC(=O)c1ccc(OCC[N+](C)(C)Cc2ccccc2)cc1. The van der Waals surface area contributed by atoms with Crippen LogP contribution in [0.4, 0.5) is 0 Å². The Morgan fingerprint density at radius 1 is 0.781 bits per heavy atom. The van der Waals surface area contributed by atoms with Gasteiger partial charge in [0.05, 0.1) is 14.1 Å². The van der Waals surface area contributed by atoms with Gasteiger partial charge in [0.2, 0.25) is 0 Å². The van der Waals surface area contributed by atoms with Crippen molar-refractivity contribution in [2.75, 3.05) is 27.2 Å². The highest BCUT2D eigenvalue weighted by molar-refractivity contribution is 5.96. The van der Waals surface area contributed by atoms with Crippen molar-refractivity contribution in [2.45, 2.75) is 77.7 Å². The summed E-state index contributed by atoms with van der Waals surface area (Å²) in [5, 5.41) is 0. The molecule has 0 spiro atoms. The maximum atomic E-state index is 12.4. The van der Waals surface area contributed by atoms with Crippen LogP contribution in [0.1, 0.15) is 87.1 Å². The Bertz CT molecular complexity index is 752. The lowest BCUT2D eigenvalue weighted by molar-refractivity contribution is -0.903. The van der Waals surface area contributed by atoms with Crippen LogP contribution < -0.4 is 4.74 Å². The van der Waals surface area contributed by atoms with Gasteiger partial charge in [0.25, 0.3) is 0 Å². The van der Waals surface area contributed by atoms with Crippen LogP contribution in [-0.2, 0) is 6.54 Å². The average molecular weight is 439 g/mol. The molecule has 0 aliphatic heterocycles. The quantitative estimate of drug-likeness (QED) is 0.146. The zero-order chi connectivity index (χ0) is 23.1. The van der Waals surface area contributed by atoms with Gasteiger partial charge in [0, 0.05) is 17.5 Å². The predicted molar refractivity (Wildman–Crippen MR) is 135 cm³/mol. The summed E-state index contributed by atoms with van der Waals surface area (Å²) in [5.41, 5.74) is 2.14. The molecule has 176 valence electrons. The molecule has 3 heteroatoms. The normalized spacial score (nSPS) is 11.5. The molecule has 0 heterocycles. The molecule has 32 heavy (non-hydrogen) atoms. The van der Waals surface area contributed by atoms with Crippen LogP contribution in [0.15, 0.2) is 54.6 Å². The number of rotatable bonds is 17. The highest BCUT2D eigenvalue weighted by Gasteiger charge is 2.16. The number of ketones is 1. The lowest BCUT2D eigenvalue weighted by atomic mass is 10.0. The number of Topliss-reactive ketones (excluding diaryl/α,β-unsaturated/α-hetero) is 1. The Morgan fingerprint density at radius 2 is 1.38 bits per heavy atom. The van der Waals surface area contributed by atoms with Crippen LogP contribution in [0.5, 0.6) is 5.75 Å². The zero-order valence-electron chi connectivity index (χ0n) is 20.7. The fourth-order valence-corrected chi connectivity index (χ4v) is 4.04. The van der Waals surface area contributed by atoms with Gasteiger partial charge < -0.3 is 9.22 Å². The number of unbranched alkanes of at least 4 members (excludes halogenated alkanes) is 8. The fourth-order valence-electron chi connectivity index (χ4n) is 4.04. The van der Waals surface area contributed by atoms with E-state index in [-0.39, 0.29) is 5.78 Å². The Kier molecular flexibility index (Phi) is 12.1. The van der Waals surface area contributed by atoms with Gasteiger partial charge in [-0.2, -0.15) is 0 Å². The van der Waals surface area contributed by atoms with E-state index in [9.17, 15) is 4.79 Å². The Hall–Kier alpha value is -2.13. The van der Waals surface area contributed by atoms with Gasteiger partial charge in [-0.1, -0.05) is 88.6 Å². The van der Waals surface area contributed by atoms with E-state index in [2.05, 4.69) is 51.4 Å². The molecular formula is C29H44NO2+.